The van der Waals surface area contributed by atoms with Crippen molar-refractivity contribution in [2.24, 2.45) is 0 Å². The highest BCUT2D eigenvalue weighted by Crippen LogP contribution is 2.45. The number of methoxy groups -OCH3 is 1. The quantitative estimate of drug-likeness (QED) is 0.787. The van der Waals surface area contributed by atoms with E-state index >= 15 is 0 Å². The molecular weight excluding hydrogens is 236 g/mol. The Morgan fingerprint density at radius 3 is 2.53 bits per heavy atom. The molecule has 1 aliphatic heterocycles. The number of hydrogen-bond donors (Lipinski definition) is 0. The van der Waals surface area contributed by atoms with E-state index in [1.807, 2.05) is 0 Å². The lowest BCUT2D eigenvalue weighted by Crippen LogP contribution is -2.32. The van der Waals surface area contributed by atoms with Crippen LogP contribution in [0.2, 0.25) is 0 Å². The summed E-state index contributed by atoms with van der Waals surface area (Å²) in [4.78, 5) is 0. The van der Waals surface area contributed by atoms with Crippen LogP contribution in [0.5, 0.6) is 11.5 Å². The van der Waals surface area contributed by atoms with Crippen LogP contribution in [-0.4, -0.2) is 12.7 Å². The predicted molar refractivity (Wildman–Crippen MR) is 80.0 cm³/mol. The van der Waals surface area contributed by atoms with Crippen molar-refractivity contribution in [1.29, 1.82) is 0 Å². The molecule has 2 nitrogen and oxygen atoms in total. The molecule has 0 unspecified atom stereocenters. The van der Waals surface area contributed by atoms with Crippen LogP contribution < -0.4 is 9.47 Å². The zero-order valence-corrected chi connectivity index (χ0v) is 12.7. The number of fused-ring (bicyclic) bond motifs is 1. The fourth-order valence-corrected chi connectivity index (χ4v) is 2.74. The zero-order chi connectivity index (χ0) is 14.0. The normalized spacial score (nSPS) is 15.6. The Balaban J connectivity index is 2.46. The Hall–Kier alpha value is -1.44. The maximum Gasteiger partial charge on any atom is 0.165 e. The number of benzene rings is 1. The van der Waals surface area contributed by atoms with Crippen LogP contribution in [0.3, 0.4) is 0 Å². The molecule has 0 saturated heterocycles. The van der Waals surface area contributed by atoms with E-state index in [1.54, 1.807) is 7.11 Å². The molecule has 0 aromatic heterocycles. The average Bonchev–Trinajstić information content (AvgIpc) is 2.76. The molecule has 1 heterocycles. The first-order chi connectivity index (χ1) is 9.03. The van der Waals surface area contributed by atoms with Gasteiger partial charge in [-0.25, -0.2) is 0 Å². The van der Waals surface area contributed by atoms with Crippen LogP contribution in [0.1, 0.15) is 51.7 Å². The number of hydrogen-bond acceptors (Lipinski definition) is 2. The van der Waals surface area contributed by atoms with Gasteiger partial charge in [0.1, 0.15) is 5.60 Å². The van der Waals surface area contributed by atoms with E-state index in [-0.39, 0.29) is 5.60 Å². The van der Waals surface area contributed by atoms with Crippen molar-refractivity contribution in [3.63, 3.8) is 0 Å². The predicted octanol–water partition coefficient (Wildman–Crippen LogP) is 4.61. The van der Waals surface area contributed by atoms with Crippen LogP contribution in [0.4, 0.5) is 0 Å². The summed E-state index contributed by atoms with van der Waals surface area (Å²) in [6, 6.07) is 4.30. The van der Waals surface area contributed by atoms with Crippen molar-refractivity contribution in [3.05, 3.63) is 28.8 Å². The third kappa shape index (κ3) is 2.63. The molecule has 2 heteroatoms. The second-order valence-corrected chi connectivity index (χ2v) is 5.60. The molecule has 0 aliphatic carbocycles. The Morgan fingerprint density at radius 2 is 2.00 bits per heavy atom. The minimum absolute atomic E-state index is 0.0425. The second-order valence-electron chi connectivity index (χ2n) is 5.60. The fraction of sp³-hybridized carbons (Fsp3) is 0.529. The van der Waals surface area contributed by atoms with Crippen molar-refractivity contribution >= 4 is 6.08 Å². The third-order valence-electron chi connectivity index (χ3n) is 3.95. The summed E-state index contributed by atoms with van der Waals surface area (Å²) < 4.78 is 11.7. The SMILES string of the molecule is CCC1(CC)Cc2cc(C=C(C)C)cc(OC)c2O1. The van der Waals surface area contributed by atoms with Crippen LogP contribution in [-0.2, 0) is 6.42 Å². The summed E-state index contributed by atoms with van der Waals surface area (Å²) in [5.41, 5.74) is 3.72. The first kappa shape index (κ1) is 14.0. The standard InChI is InChI=1S/C17H24O2/c1-6-17(7-2)11-14-9-13(8-12(3)4)10-15(18-5)16(14)19-17/h8-10H,6-7,11H2,1-5H3. The van der Waals surface area contributed by atoms with Crippen molar-refractivity contribution in [2.75, 3.05) is 7.11 Å². The topological polar surface area (TPSA) is 18.5 Å². The number of allylic oxidation sites excluding steroid dienone is 1. The van der Waals surface area contributed by atoms with Crippen LogP contribution in [0, 0.1) is 0 Å². The molecule has 0 N–H and O–H groups in total. The van der Waals surface area contributed by atoms with Crippen molar-refractivity contribution in [1.82, 2.24) is 0 Å². The van der Waals surface area contributed by atoms with Gasteiger partial charge in [0.15, 0.2) is 11.5 Å². The summed E-state index contributed by atoms with van der Waals surface area (Å²) in [6.45, 7) is 8.61. The second kappa shape index (κ2) is 5.28. The van der Waals surface area contributed by atoms with E-state index in [1.165, 1.54) is 16.7 Å². The number of ether oxygens (including phenoxy) is 2. The molecule has 0 spiro atoms. The molecule has 1 aromatic rings. The maximum absolute atomic E-state index is 6.23. The molecule has 0 fully saturated rings. The van der Waals surface area contributed by atoms with E-state index in [0.29, 0.717) is 0 Å². The van der Waals surface area contributed by atoms with Crippen molar-refractivity contribution in [3.8, 4) is 11.5 Å². The first-order valence-corrected chi connectivity index (χ1v) is 7.08. The maximum atomic E-state index is 6.23. The highest BCUT2D eigenvalue weighted by Gasteiger charge is 2.38. The van der Waals surface area contributed by atoms with Gasteiger partial charge in [-0.3, -0.25) is 0 Å². The third-order valence-corrected chi connectivity index (χ3v) is 3.95. The van der Waals surface area contributed by atoms with E-state index in [2.05, 4.69) is 45.9 Å². The van der Waals surface area contributed by atoms with Crippen molar-refractivity contribution in [2.45, 2.75) is 52.6 Å². The van der Waals surface area contributed by atoms with Gasteiger partial charge in [-0.05, 0) is 44.4 Å². The smallest absolute Gasteiger partial charge is 0.165 e. The van der Waals surface area contributed by atoms with E-state index in [0.717, 1.165) is 30.8 Å². The molecule has 0 radical (unpaired) electrons. The summed E-state index contributed by atoms with van der Waals surface area (Å²) >= 11 is 0. The molecule has 0 bridgehead atoms. The van der Waals surface area contributed by atoms with Gasteiger partial charge in [0, 0.05) is 12.0 Å². The van der Waals surface area contributed by atoms with Gasteiger partial charge in [0.25, 0.3) is 0 Å². The van der Waals surface area contributed by atoms with E-state index in [9.17, 15) is 0 Å². The molecule has 0 amide bonds. The van der Waals surface area contributed by atoms with Gasteiger partial charge in [-0.15, -0.1) is 0 Å². The molecule has 19 heavy (non-hydrogen) atoms. The molecule has 0 saturated carbocycles. The van der Waals surface area contributed by atoms with Crippen molar-refractivity contribution < 1.29 is 9.47 Å². The van der Waals surface area contributed by atoms with Crippen LogP contribution in [0.15, 0.2) is 17.7 Å². The Bertz CT molecular complexity index is 492. The molecule has 1 aliphatic rings. The molecule has 1 aromatic carbocycles. The van der Waals surface area contributed by atoms with E-state index < -0.39 is 0 Å². The summed E-state index contributed by atoms with van der Waals surface area (Å²) in [7, 11) is 1.71. The Morgan fingerprint density at radius 1 is 1.32 bits per heavy atom. The van der Waals surface area contributed by atoms with Gasteiger partial charge >= 0.3 is 0 Å². The lowest BCUT2D eigenvalue weighted by atomic mass is 9.91. The van der Waals surface area contributed by atoms with Gasteiger partial charge in [0.05, 0.1) is 7.11 Å². The molecule has 2 rings (SSSR count). The van der Waals surface area contributed by atoms with Crippen LogP contribution >= 0.6 is 0 Å². The van der Waals surface area contributed by atoms with E-state index in [4.69, 9.17) is 9.47 Å². The molecule has 104 valence electrons. The minimum Gasteiger partial charge on any atom is -0.493 e. The molecule has 0 atom stereocenters. The largest absolute Gasteiger partial charge is 0.493 e. The zero-order valence-electron chi connectivity index (χ0n) is 12.7. The Kier molecular flexibility index (Phi) is 3.88. The van der Waals surface area contributed by atoms with Gasteiger partial charge in [0.2, 0.25) is 0 Å². The van der Waals surface area contributed by atoms with Gasteiger partial charge in [-0.1, -0.05) is 25.5 Å². The van der Waals surface area contributed by atoms with Gasteiger partial charge < -0.3 is 9.47 Å². The highest BCUT2D eigenvalue weighted by molar-refractivity contribution is 5.62. The van der Waals surface area contributed by atoms with Crippen LogP contribution in [0.25, 0.3) is 6.08 Å². The minimum atomic E-state index is -0.0425. The summed E-state index contributed by atoms with van der Waals surface area (Å²) in [5, 5.41) is 0. The molecular formula is C17H24O2. The highest BCUT2D eigenvalue weighted by atomic mass is 16.5. The lowest BCUT2D eigenvalue weighted by Gasteiger charge is -2.25. The Labute approximate surface area is 116 Å². The monoisotopic (exact) mass is 260 g/mol. The lowest BCUT2D eigenvalue weighted by molar-refractivity contribution is 0.0828. The summed E-state index contributed by atoms with van der Waals surface area (Å²) in [5.74, 6) is 1.80. The fourth-order valence-electron chi connectivity index (χ4n) is 2.74. The first-order valence-electron chi connectivity index (χ1n) is 7.08. The average molecular weight is 260 g/mol. The van der Waals surface area contributed by atoms with Gasteiger partial charge in [-0.2, -0.15) is 0 Å². The number of rotatable bonds is 4. The summed E-state index contributed by atoms with van der Waals surface area (Å²) in [6.07, 6.45) is 5.22.